The first-order chi connectivity index (χ1) is 9.43. The van der Waals surface area contributed by atoms with Crippen molar-refractivity contribution < 1.29 is 13.9 Å². The molecule has 1 N–H and O–H groups in total. The molecule has 20 heavy (non-hydrogen) atoms. The van der Waals surface area contributed by atoms with Gasteiger partial charge in [0.05, 0.1) is 7.11 Å². The molecule has 0 spiro atoms. The fraction of sp³-hybridized carbons (Fsp3) is 0.533. The van der Waals surface area contributed by atoms with Gasteiger partial charge in [-0.1, -0.05) is 19.9 Å². The molecule has 4 nitrogen and oxygen atoms in total. The van der Waals surface area contributed by atoms with Gasteiger partial charge in [0.2, 0.25) is 5.91 Å². The number of amides is 1. The standard InChI is InChI=1S/C15H23FN2O2/c1-11(2)17-8-7-15(19)18(3)10-12-5-6-14(20-4)13(16)9-12/h5-6,9,11,17H,7-8,10H2,1-4H3. The molecule has 0 aromatic heterocycles. The lowest BCUT2D eigenvalue weighted by atomic mass is 10.2. The second kappa shape index (κ2) is 7.85. The highest BCUT2D eigenvalue weighted by Gasteiger charge is 2.11. The third kappa shape index (κ3) is 5.17. The van der Waals surface area contributed by atoms with Gasteiger partial charge in [0, 0.05) is 32.6 Å². The van der Waals surface area contributed by atoms with Crippen LogP contribution in [0, 0.1) is 5.82 Å². The molecule has 1 amide bonds. The Balaban J connectivity index is 2.50. The minimum absolute atomic E-state index is 0.0365. The predicted molar refractivity (Wildman–Crippen MR) is 77.2 cm³/mol. The summed E-state index contributed by atoms with van der Waals surface area (Å²) < 4.78 is 18.4. The van der Waals surface area contributed by atoms with Crippen molar-refractivity contribution in [3.8, 4) is 5.75 Å². The predicted octanol–water partition coefficient (Wildman–Crippen LogP) is 2.18. The number of nitrogens with zero attached hydrogens (tertiary/aromatic N) is 1. The number of carbonyl (C=O) groups excluding carboxylic acids is 1. The van der Waals surface area contributed by atoms with Gasteiger partial charge in [0.1, 0.15) is 0 Å². The number of hydrogen-bond acceptors (Lipinski definition) is 3. The number of rotatable bonds is 7. The van der Waals surface area contributed by atoms with Crippen LogP contribution in [0.4, 0.5) is 4.39 Å². The van der Waals surface area contributed by atoms with Crippen molar-refractivity contribution in [3.63, 3.8) is 0 Å². The summed E-state index contributed by atoms with van der Waals surface area (Å²) in [6, 6.07) is 5.10. The summed E-state index contributed by atoms with van der Waals surface area (Å²) in [5, 5.41) is 3.20. The van der Waals surface area contributed by atoms with Crippen molar-refractivity contribution in [3.05, 3.63) is 29.6 Å². The molecule has 5 heteroatoms. The maximum atomic E-state index is 13.6. The molecule has 0 radical (unpaired) electrons. The highest BCUT2D eigenvalue weighted by Crippen LogP contribution is 2.18. The van der Waals surface area contributed by atoms with E-state index < -0.39 is 5.82 Å². The number of benzene rings is 1. The minimum atomic E-state index is -0.410. The smallest absolute Gasteiger partial charge is 0.223 e. The zero-order valence-electron chi connectivity index (χ0n) is 12.6. The molecule has 112 valence electrons. The van der Waals surface area contributed by atoms with Crippen LogP contribution in [-0.4, -0.2) is 37.6 Å². The number of nitrogens with one attached hydrogen (secondary N) is 1. The van der Waals surface area contributed by atoms with Crippen molar-refractivity contribution in [2.24, 2.45) is 0 Å². The Hall–Kier alpha value is -1.62. The molecule has 0 atom stereocenters. The van der Waals surface area contributed by atoms with Crippen LogP contribution < -0.4 is 10.1 Å². The van der Waals surface area contributed by atoms with Crippen molar-refractivity contribution in [1.29, 1.82) is 0 Å². The molecule has 0 aliphatic carbocycles. The van der Waals surface area contributed by atoms with E-state index in [1.807, 2.05) is 13.8 Å². The third-order valence-electron chi connectivity index (χ3n) is 2.95. The summed E-state index contributed by atoms with van der Waals surface area (Å²) in [5.74, 6) is -0.162. The largest absolute Gasteiger partial charge is 0.494 e. The number of methoxy groups -OCH3 is 1. The molecule has 0 aliphatic heterocycles. The first kappa shape index (κ1) is 16.4. The van der Waals surface area contributed by atoms with Crippen LogP contribution in [0.5, 0.6) is 5.75 Å². The molecule has 1 aromatic rings. The van der Waals surface area contributed by atoms with E-state index in [0.29, 0.717) is 25.6 Å². The molecule has 0 fully saturated rings. The normalized spacial score (nSPS) is 10.7. The fourth-order valence-electron chi connectivity index (χ4n) is 1.83. The van der Waals surface area contributed by atoms with Gasteiger partial charge in [-0.05, 0) is 17.7 Å². The number of ether oxygens (including phenoxy) is 1. The Morgan fingerprint density at radius 1 is 1.45 bits per heavy atom. The summed E-state index contributed by atoms with van der Waals surface area (Å²) in [6.07, 6.45) is 0.438. The van der Waals surface area contributed by atoms with Gasteiger partial charge in [0.25, 0.3) is 0 Å². The number of hydrogen-bond donors (Lipinski definition) is 1. The number of halogens is 1. The molecular weight excluding hydrogens is 259 g/mol. The maximum absolute atomic E-state index is 13.6. The molecule has 0 aliphatic rings. The lowest BCUT2D eigenvalue weighted by Crippen LogP contribution is -2.31. The van der Waals surface area contributed by atoms with E-state index in [1.54, 1.807) is 24.1 Å². The van der Waals surface area contributed by atoms with E-state index >= 15 is 0 Å². The molecule has 0 bridgehead atoms. The van der Waals surface area contributed by atoms with Crippen LogP contribution >= 0.6 is 0 Å². The van der Waals surface area contributed by atoms with E-state index in [0.717, 1.165) is 5.56 Å². The van der Waals surface area contributed by atoms with Gasteiger partial charge in [-0.3, -0.25) is 4.79 Å². The average Bonchev–Trinajstić information content (AvgIpc) is 2.38. The summed E-state index contributed by atoms with van der Waals surface area (Å²) in [6.45, 7) is 5.11. The van der Waals surface area contributed by atoms with Gasteiger partial charge in [0.15, 0.2) is 11.6 Å². The molecule has 1 aromatic carbocycles. The van der Waals surface area contributed by atoms with Gasteiger partial charge >= 0.3 is 0 Å². The Morgan fingerprint density at radius 3 is 2.70 bits per heavy atom. The number of carbonyl (C=O) groups is 1. The maximum Gasteiger partial charge on any atom is 0.223 e. The van der Waals surface area contributed by atoms with Crippen molar-refractivity contribution >= 4 is 5.91 Å². The molecule has 0 saturated heterocycles. The molecule has 1 rings (SSSR count). The second-order valence-corrected chi connectivity index (χ2v) is 5.08. The van der Waals surface area contributed by atoms with E-state index in [4.69, 9.17) is 4.74 Å². The fourth-order valence-corrected chi connectivity index (χ4v) is 1.83. The molecular formula is C15H23FN2O2. The van der Waals surface area contributed by atoms with Crippen LogP contribution in [0.3, 0.4) is 0 Å². The van der Waals surface area contributed by atoms with E-state index in [9.17, 15) is 9.18 Å². The van der Waals surface area contributed by atoms with Crippen molar-refractivity contribution in [1.82, 2.24) is 10.2 Å². The van der Waals surface area contributed by atoms with Gasteiger partial charge < -0.3 is 15.0 Å². The topological polar surface area (TPSA) is 41.6 Å². The van der Waals surface area contributed by atoms with Crippen LogP contribution in [0.15, 0.2) is 18.2 Å². The summed E-state index contributed by atoms with van der Waals surface area (Å²) in [7, 11) is 3.15. The highest BCUT2D eigenvalue weighted by molar-refractivity contribution is 5.76. The minimum Gasteiger partial charge on any atom is -0.494 e. The van der Waals surface area contributed by atoms with Crippen LogP contribution in [-0.2, 0) is 11.3 Å². The average molecular weight is 282 g/mol. The Labute approximate surface area is 119 Å². The van der Waals surface area contributed by atoms with E-state index in [-0.39, 0.29) is 11.7 Å². The summed E-state index contributed by atoms with van der Waals surface area (Å²) in [4.78, 5) is 13.5. The molecule has 0 unspecified atom stereocenters. The zero-order chi connectivity index (χ0) is 15.1. The second-order valence-electron chi connectivity index (χ2n) is 5.08. The Bertz CT molecular complexity index is 449. The van der Waals surface area contributed by atoms with Gasteiger partial charge in [-0.25, -0.2) is 4.39 Å². The lowest BCUT2D eigenvalue weighted by Gasteiger charge is -2.18. The summed E-state index contributed by atoms with van der Waals surface area (Å²) >= 11 is 0. The highest BCUT2D eigenvalue weighted by atomic mass is 19.1. The van der Waals surface area contributed by atoms with Crippen LogP contribution in [0.25, 0.3) is 0 Å². The van der Waals surface area contributed by atoms with Crippen molar-refractivity contribution in [2.45, 2.75) is 32.9 Å². The quantitative estimate of drug-likeness (QED) is 0.833. The van der Waals surface area contributed by atoms with Crippen LogP contribution in [0.1, 0.15) is 25.8 Å². The Morgan fingerprint density at radius 2 is 2.15 bits per heavy atom. The first-order valence-electron chi connectivity index (χ1n) is 6.73. The van der Waals surface area contributed by atoms with E-state index in [2.05, 4.69) is 5.32 Å². The zero-order valence-corrected chi connectivity index (χ0v) is 12.6. The van der Waals surface area contributed by atoms with Gasteiger partial charge in [-0.2, -0.15) is 0 Å². The third-order valence-corrected chi connectivity index (χ3v) is 2.95. The van der Waals surface area contributed by atoms with Crippen LogP contribution in [0.2, 0.25) is 0 Å². The Kier molecular flexibility index (Phi) is 6.45. The molecule has 0 heterocycles. The first-order valence-corrected chi connectivity index (χ1v) is 6.73. The lowest BCUT2D eigenvalue weighted by molar-refractivity contribution is -0.130. The SMILES string of the molecule is COc1ccc(CN(C)C(=O)CCNC(C)C)cc1F. The summed E-state index contributed by atoms with van der Waals surface area (Å²) in [5.41, 5.74) is 0.746. The monoisotopic (exact) mass is 282 g/mol. The van der Waals surface area contributed by atoms with Gasteiger partial charge in [-0.15, -0.1) is 0 Å². The molecule has 0 saturated carbocycles. The van der Waals surface area contributed by atoms with Crippen molar-refractivity contribution in [2.75, 3.05) is 20.7 Å². The van der Waals surface area contributed by atoms with E-state index in [1.165, 1.54) is 13.2 Å².